The van der Waals surface area contributed by atoms with Crippen molar-refractivity contribution in [2.45, 2.75) is 65.4 Å². The molecule has 0 aliphatic heterocycles. The monoisotopic (exact) mass is 542 g/mol. The summed E-state index contributed by atoms with van der Waals surface area (Å²) in [6, 6.07) is 8.43. The number of aromatic nitrogens is 2. The van der Waals surface area contributed by atoms with Gasteiger partial charge in [-0.3, -0.25) is 5.26 Å². The Morgan fingerprint density at radius 1 is 1.27 bits per heavy atom. The zero-order valence-corrected chi connectivity index (χ0v) is 24.1. The third-order valence-electron chi connectivity index (χ3n) is 6.77. The lowest BCUT2D eigenvalue weighted by atomic mass is 9.79. The first-order valence-corrected chi connectivity index (χ1v) is 14.3. The van der Waals surface area contributed by atoms with Crippen molar-refractivity contribution < 1.29 is 15.3 Å². The van der Waals surface area contributed by atoms with E-state index in [0.717, 1.165) is 59.1 Å². The number of benzene rings is 1. The number of hydrogen-bond donors (Lipinski definition) is 2. The van der Waals surface area contributed by atoms with Crippen LogP contribution in [-0.2, 0) is 23.3 Å². The van der Waals surface area contributed by atoms with E-state index in [1.165, 1.54) is 5.56 Å². The van der Waals surface area contributed by atoms with Crippen LogP contribution in [0.25, 0.3) is 5.69 Å². The molecule has 1 atom stereocenters. The van der Waals surface area contributed by atoms with Crippen LogP contribution in [0.4, 0.5) is 0 Å². The molecule has 37 heavy (non-hydrogen) atoms. The summed E-state index contributed by atoms with van der Waals surface area (Å²) in [5.41, 5.74) is 2.68. The van der Waals surface area contributed by atoms with Crippen LogP contribution in [0.3, 0.4) is 0 Å². The van der Waals surface area contributed by atoms with E-state index in [2.05, 4.69) is 65.8 Å². The molecule has 5 nitrogen and oxygen atoms in total. The van der Waals surface area contributed by atoms with Gasteiger partial charge >= 0.3 is 0 Å². The quantitative estimate of drug-likeness (QED) is 0.163. The molecule has 1 heterocycles. The molecule has 3 rings (SSSR count). The first-order valence-electron chi connectivity index (χ1n) is 12.7. The van der Waals surface area contributed by atoms with E-state index >= 15 is 0 Å². The van der Waals surface area contributed by atoms with E-state index in [1.807, 2.05) is 24.6 Å². The molecule has 1 unspecified atom stereocenters. The standard InChI is InChI=1S/C30H39ClN2O3S/c1-6-9-23(21-36-35)25(37-5)16-13-22-11-14-24(15-12-22)33-20-27(29(2,3)34)32-28(33)17-19-30(4)18-8-7-10-26(30)31/h7-12,14-16,20,34-35H,6,13,17-19,21H2,1-5H3/b23-9-,25-16+. The second-order valence-corrected chi connectivity index (χ2v) is 11.5. The topological polar surface area (TPSA) is 67.5 Å². The summed E-state index contributed by atoms with van der Waals surface area (Å²) in [7, 11) is 0. The number of rotatable bonds is 12. The SMILES string of the molecule is CC/C=C(COO)\C(=C/Cc1ccc(-n2cc(C(C)(C)O)nc2CCC2(C)CC=CC=C2Cl)cc1)SC. The van der Waals surface area contributed by atoms with Gasteiger partial charge in [0.1, 0.15) is 18.0 Å². The Balaban J connectivity index is 1.83. The molecular formula is C30H39ClN2O3S. The van der Waals surface area contributed by atoms with Gasteiger partial charge in [-0.15, -0.1) is 11.8 Å². The third-order valence-corrected chi connectivity index (χ3v) is 8.23. The summed E-state index contributed by atoms with van der Waals surface area (Å²) in [4.78, 5) is 10.3. The number of hydrogen-bond acceptors (Lipinski definition) is 5. The number of aliphatic hydroxyl groups is 1. The highest BCUT2D eigenvalue weighted by atomic mass is 35.5. The van der Waals surface area contributed by atoms with Crippen LogP contribution in [-0.4, -0.2) is 32.8 Å². The molecule has 0 amide bonds. The average molecular weight is 543 g/mol. The van der Waals surface area contributed by atoms with E-state index < -0.39 is 5.60 Å². The maximum Gasteiger partial charge on any atom is 0.113 e. The number of nitrogens with zero attached hydrogens (tertiary/aromatic N) is 2. The van der Waals surface area contributed by atoms with Crippen molar-refractivity contribution in [3.8, 4) is 5.69 Å². The number of allylic oxidation sites excluding steroid dienone is 6. The van der Waals surface area contributed by atoms with Gasteiger partial charge in [-0.1, -0.05) is 61.9 Å². The largest absolute Gasteiger partial charge is 0.384 e. The van der Waals surface area contributed by atoms with Gasteiger partial charge in [0.05, 0.1) is 5.69 Å². The Kier molecular flexibility index (Phi) is 10.4. The minimum atomic E-state index is -1.03. The Bertz CT molecular complexity index is 1170. The van der Waals surface area contributed by atoms with Crippen molar-refractivity contribution >= 4 is 23.4 Å². The highest BCUT2D eigenvalue weighted by Crippen LogP contribution is 2.41. The smallest absolute Gasteiger partial charge is 0.113 e. The van der Waals surface area contributed by atoms with Gasteiger partial charge in [-0.2, -0.15) is 0 Å². The normalized spacial score (nSPS) is 18.9. The van der Waals surface area contributed by atoms with E-state index in [4.69, 9.17) is 21.8 Å². The first-order chi connectivity index (χ1) is 17.6. The summed E-state index contributed by atoms with van der Waals surface area (Å²) in [5, 5.41) is 20.4. The molecule has 0 saturated carbocycles. The fourth-order valence-corrected chi connectivity index (χ4v) is 5.30. The molecule has 1 aliphatic carbocycles. The highest BCUT2D eigenvalue weighted by Gasteiger charge is 2.29. The predicted molar refractivity (Wildman–Crippen MR) is 155 cm³/mol. The van der Waals surface area contributed by atoms with Crippen LogP contribution in [0.15, 0.2) is 76.4 Å². The van der Waals surface area contributed by atoms with E-state index in [9.17, 15) is 5.11 Å². The van der Waals surface area contributed by atoms with E-state index in [-0.39, 0.29) is 12.0 Å². The molecule has 2 aromatic rings. The Labute approximate surface area is 230 Å². The molecule has 0 radical (unpaired) electrons. The molecule has 1 aliphatic rings. The summed E-state index contributed by atoms with van der Waals surface area (Å²) in [5.74, 6) is 0.910. The van der Waals surface area contributed by atoms with Gasteiger partial charge in [0.2, 0.25) is 0 Å². The second kappa shape index (κ2) is 13.1. The fraction of sp³-hybridized carbons (Fsp3) is 0.433. The van der Waals surface area contributed by atoms with Crippen LogP contribution < -0.4 is 0 Å². The average Bonchev–Trinajstić information content (AvgIpc) is 3.31. The van der Waals surface area contributed by atoms with Crippen molar-refractivity contribution in [1.29, 1.82) is 0 Å². The molecule has 0 fully saturated rings. The molecule has 1 aromatic carbocycles. The van der Waals surface area contributed by atoms with Gasteiger partial charge in [0.15, 0.2) is 0 Å². The lowest BCUT2D eigenvalue weighted by Gasteiger charge is -2.30. The highest BCUT2D eigenvalue weighted by molar-refractivity contribution is 8.02. The minimum absolute atomic E-state index is 0.112. The maximum atomic E-state index is 10.6. The molecule has 7 heteroatoms. The lowest BCUT2D eigenvalue weighted by Crippen LogP contribution is -2.20. The van der Waals surface area contributed by atoms with Crippen molar-refractivity contribution in [3.05, 3.63) is 93.4 Å². The van der Waals surface area contributed by atoms with Crippen LogP contribution in [0, 0.1) is 5.41 Å². The van der Waals surface area contributed by atoms with Crippen molar-refractivity contribution in [1.82, 2.24) is 9.55 Å². The summed E-state index contributed by atoms with van der Waals surface area (Å²) in [6.45, 7) is 7.97. The van der Waals surface area contributed by atoms with Gasteiger partial charge in [-0.25, -0.2) is 9.87 Å². The van der Waals surface area contributed by atoms with Gasteiger partial charge < -0.3 is 9.67 Å². The molecule has 200 valence electrons. The zero-order chi connectivity index (χ0) is 27.1. The minimum Gasteiger partial charge on any atom is -0.384 e. The fourth-order valence-electron chi connectivity index (χ4n) is 4.40. The third kappa shape index (κ3) is 7.71. The van der Waals surface area contributed by atoms with Crippen LogP contribution in [0.1, 0.15) is 64.0 Å². The van der Waals surface area contributed by atoms with Crippen molar-refractivity contribution in [2.75, 3.05) is 12.9 Å². The van der Waals surface area contributed by atoms with Crippen LogP contribution in [0.5, 0.6) is 0 Å². The van der Waals surface area contributed by atoms with Crippen molar-refractivity contribution in [2.24, 2.45) is 5.41 Å². The van der Waals surface area contributed by atoms with Gasteiger partial charge in [0, 0.05) is 33.7 Å². The summed E-state index contributed by atoms with van der Waals surface area (Å²) >= 11 is 8.22. The number of imidazole rings is 1. The molecule has 0 spiro atoms. The number of halogens is 1. The van der Waals surface area contributed by atoms with Crippen LogP contribution >= 0.6 is 23.4 Å². The molecular weight excluding hydrogens is 504 g/mol. The van der Waals surface area contributed by atoms with Gasteiger partial charge in [0.25, 0.3) is 0 Å². The second-order valence-electron chi connectivity index (χ2n) is 10.2. The lowest BCUT2D eigenvalue weighted by molar-refractivity contribution is -0.233. The molecule has 0 bridgehead atoms. The van der Waals surface area contributed by atoms with E-state index in [1.54, 1.807) is 25.6 Å². The molecule has 0 saturated heterocycles. The first kappa shape index (κ1) is 29.5. The maximum absolute atomic E-state index is 10.6. The summed E-state index contributed by atoms with van der Waals surface area (Å²) in [6.07, 6.45) is 18.5. The Morgan fingerprint density at radius 2 is 2.00 bits per heavy atom. The zero-order valence-electron chi connectivity index (χ0n) is 22.5. The molecule has 2 N–H and O–H groups in total. The summed E-state index contributed by atoms with van der Waals surface area (Å²) < 4.78 is 2.08. The van der Waals surface area contributed by atoms with Gasteiger partial charge in [-0.05, 0) is 75.1 Å². The number of aryl methyl sites for hydroxylation is 1. The van der Waals surface area contributed by atoms with E-state index in [0.29, 0.717) is 5.69 Å². The Hall–Kier alpha value is -2.09. The van der Waals surface area contributed by atoms with Crippen molar-refractivity contribution in [3.63, 3.8) is 0 Å². The molecule has 1 aromatic heterocycles. The predicted octanol–water partition coefficient (Wildman–Crippen LogP) is 7.74. The number of thioether (sulfide) groups is 1. The van der Waals surface area contributed by atoms with Crippen LogP contribution in [0.2, 0.25) is 0 Å². The Morgan fingerprint density at radius 3 is 2.59 bits per heavy atom.